The van der Waals surface area contributed by atoms with Crippen molar-refractivity contribution in [1.82, 2.24) is 24.2 Å². The monoisotopic (exact) mass is 437 g/mol. The van der Waals surface area contributed by atoms with E-state index in [2.05, 4.69) is 21.9 Å². The third-order valence-corrected chi connectivity index (χ3v) is 7.17. The maximum atomic E-state index is 13.3. The smallest absolute Gasteiger partial charge is 0.274 e. The molecule has 170 valence electrons. The number of H-pyrrole nitrogens is 1. The zero-order valence-electron chi connectivity index (χ0n) is 19.1. The molecule has 4 heterocycles. The molecular formula is C24H31N5O3. The van der Waals surface area contributed by atoms with Crippen LogP contribution in [0, 0.1) is 6.92 Å². The largest absolute Gasteiger partial charge is 0.381 e. The van der Waals surface area contributed by atoms with Crippen molar-refractivity contribution in [2.45, 2.75) is 44.6 Å². The molecular weight excluding hydrogens is 406 g/mol. The number of benzene rings is 1. The maximum absolute atomic E-state index is 13.3. The zero-order valence-corrected chi connectivity index (χ0v) is 19.1. The van der Waals surface area contributed by atoms with Crippen LogP contribution < -0.4 is 5.56 Å². The molecule has 2 fully saturated rings. The number of hydrogen-bond acceptors (Lipinski definition) is 5. The lowest BCUT2D eigenvalue weighted by Gasteiger charge is -2.26. The quantitative estimate of drug-likeness (QED) is 0.678. The third kappa shape index (κ3) is 3.61. The van der Waals surface area contributed by atoms with Crippen molar-refractivity contribution in [2.75, 3.05) is 40.4 Å². The Hall–Kier alpha value is -2.71. The Bertz CT molecular complexity index is 1220. The summed E-state index contributed by atoms with van der Waals surface area (Å²) in [6, 6.07) is 4.24. The van der Waals surface area contributed by atoms with Gasteiger partial charge in [0.25, 0.3) is 11.5 Å². The number of nitrogens with zero attached hydrogens (tertiary/aromatic N) is 4. The molecule has 8 heteroatoms. The van der Waals surface area contributed by atoms with Crippen LogP contribution >= 0.6 is 0 Å². The van der Waals surface area contributed by atoms with Crippen molar-refractivity contribution >= 4 is 22.5 Å². The highest BCUT2D eigenvalue weighted by molar-refractivity contribution is 5.99. The number of likely N-dealkylation sites (N-methyl/N-ethyl adjacent to an activating group) is 2. The normalized spacial score (nSPS) is 20.4. The molecule has 1 aromatic carbocycles. The standard InChI is InChI=1S/C24H31N5O3/c1-15-11-20-19(12-18(15)24(31)28(3)14-17-5-4-8-27(17)2)26-23(30)21-13-25-22(29(20)21)16-6-9-32-10-7-16/h11-13,16-17H,4-10,14H2,1-3H3,(H,26,30)/t17-/m0/s1. The minimum absolute atomic E-state index is 0.0130. The number of aryl methyl sites for hydroxylation is 1. The summed E-state index contributed by atoms with van der Waals surface area (Å²) in [4.78, 5) is 37.8. The van der Waals surface area contributed by atoms with Crippen molar-refractivity contribution in [3.63, 3.8) is 0 Å². The number of aromatic nitrogens is 3. The van der Waals surface area contributed by atoms with Crippen LogP contribution in [0.2, 0.25) is 0 Å². The summed E-state index contributed by atoms with van der Waals surface area (Å²) in [5.74, 6) is 1.15. The average Bonchev–Trinajstić information content (AvgIpc) is 3.41. The van der Waals surface area contributed by atoms with Gasteiger partial charge in [0.15, 0.2) is 0 Å². The highest BCUT2D eigenvalue weighted by Crippen LogP contribution is 2.29. The average molecular weight is 438 g/mol. The predicted octanol–water partition coefficient (Wildman–Crippen LogP) is 2.54. The predicted molar refractivity (Wildman–Crippen MR) is 123 cm³/mol. The van der Waals surface area contributed by atoms with Gasteiger partial charge in [-0.25, -0.2) is 4.98 Å². The number of likely N-dealkylation sites (tertiary alicyclic amines) is 1. The fraction of sp³-hybridized carbons (Fsp3) is 0.542. The third-order valence-electron chi connectivity index (χ3n) is 7.17. The van der Waals surface area contributed by atoms with Gasteiger partial charge in [0.2, 0.25) is 0 Å². The lowest BCUT2D eigenvalue weighted by atomic mass is 9.99. The lowest BCUT2D eigenvalue weighted by molar-refractivity contribution is 0.0761. The molecule has 0 bridgehead atoms. The van der Waals surface area contributed by atoms with Gasteiger partial charge in [-0.05, 0) is 63.9 Å². The number of carbonyl (C=O) groups is 1. The Kier molecular flexibility index (Phi) is 5.51. The van der Waals surface area contributed by atoms with Gasteiger partial charge in [0.05, 0.1) is 17.2 Å². The molecule has 2 saturated heterocycles. The van der Waals surface area contributed by atoms with E-state index in [0.29, 0.717) is 42.4 Å². The molecule has 5 rings (SSSR count). The first-order valence-corrected chi connectivity index (χ1v) is 11.5. The zero-order chi connectivity index (χ0) is 22.4. The van der Waals surface area contributed by atoms with Gasteiger partial charge in [-0.2, -0.15) is 0 Å². The van der Waals surface area contributed by atoms with Crippen molar-refractivity contribution in [1.29, 1.82) is 0 Å². The summed E-state index contributed by atoms with van der Waals surface area (Å²) in [7, 11) is 3.98. The minimum atomic E-state index is -0.188. The summed E-state index contributed by atoms with van der Waals surface area (Å²) in [6.07, 6.45) is 5.73. The summed E-state index contributed by atoms with van der Waals surface area (Å²) in [5, 5.41) is 0. The molecule has 0 saturated carbocycles. The second kappa shape index (κ2) is 8.33. The minimum Gasteiger partial charge on any atom is -0.381 e. The van der Waals surface area contributed by atoms with Gasteiger partial charge in [0.1, 0.15) is 11.3 Å². The molecule has 2 aliphatic heterocycles. The Labute approximate surface area is 187 Å². The van der Waals surface area contributed by atoms with Crippen LogP contribution in [0.3, 0.4) is 0 Å². The molecule has 8 nitrogen and oxygen atoms in total. The number of hydrogen-bond donors (Lipinski definition) is 1. The van der Waals surface area contributed by atoms with E-state index < -0.39 is 0 Å². The Morgan fingerprint density at radius 1 is 1.25 bits per heavy atom. The van der Waals surface area contributed by atoms with Gasteiger partial charge in [-0.15, -0.1) is 0 Å². The van der Waals surface area contributed by atoms with Gasteiger partial charge >= 0.3 is 0 Å². The van der Waals surface area contributed by atoms with Crippen LogP contribution in [0.25, 0.3) is 16.6 Å². The molecule has 1 amide bonds. The summed E-state index contributed by atoms with van der Waals surface area (Å²) < 4.78 is 7.48. The van der Waals surface area contributed by atoms with Crippen LogP contribution in [0.1, 0.15) is 53.3 Å². The Balaban J connectivity index is 1.55. The van der Waals surface area contributed by atoms with Gasteiger partial charge < -0.3 is 19.5 Å². The molecule has 3 aromatic rings. The number of imidazole rings is 1. The summed E-state index contributed by atoms with van der Waals surface area (Å²) in [5.41, 5.74) is 3.42. The number of rotatable bonds is 4. The summed E-state index contributed by atoms with van der Waals surface area (Å²) >= 11 is 0. The highest BCUT2D eigenvalue weighted by atomic mass is 16.5. The second-order valence-corrected chi connectivity index (χ2v) is 9.32. The number of carbonyl (C=O) groups excluding carboxylic acids is 1. The molecule has 1 atom stereocenters. The number of aromatic amines is 1. The van der Waals surface area contributed by atoms with E-state index in [0.717, 1.165) is 42.7 Å². The number of nitrogens with one attached hydrogen (secondary N) is 1. The summed E-state index contributed by atoms with van der Waals surface area (Å²) in [6.45, 7) is 5.17. The molecule has 1 N–H and O–H groups in total. The molecule has 0 radical (unpaired) electrons. The Morgan fingerprint density at radius 3 is 2.75 bits per heavy atom. The van der Waals surface area contributed by atoms with E-state index in [1.54, 1.807) is 6.20 Å². The fourth-order valence-corrected chi connectivity index (χ4v) is 5.23. The first-order valence-electron chi connectivity index (χ1n) is 11.5. The van der Waals surface area contributed by atoms with Crippen molar-refractivity contribution in [3.05, 3.63) is 45.6 Å². The first-order chi connectivity index (χ1) is 15.4. The maximum Gasteiger partial charge on any atom is 0.274 e. The van der Waals surface area contributed by atoms with Crippen LogP contribution in [-0.2, 0) is 4.74 Å². The fourth-order valence-electron chi connectivity index (χ4n) is 5.23. The topological polar surface area (TPSA) is 82.9 Å². The molecule has 0 unspecified atom stereocenters. The van der Waals surface area contributed by atoms with Gasteiger partial charge in [0, 0.05) is 44.3 Å². The number of amides is 1. The van der Waals surface area contributed by atoms with E-state index in [1.807, 2.05) is 35.4 Å². The van der Waals surface area contributed by atoms with Gasteiger partial charge in [-0.3, -0.25) is 14.0 Å². The molecule has 32 heavy (non-hydrogen) atoms. The SMILES string of the molecule is Cc1cc2c(cc1C(=O)N(C)C[C@@H]1CCCN1C)[nH]c(=O)c1cnc(C3CCOCC3)n12. The van der Waals surface area contributed by atoms with E-state index in [4.69, 9.17) is 4.74 Å². The first kappa shape index (κ1) is 21.2. The van der Waals surface area contributed by atoms with E-state index in [1.165, 1.54) is 6.42 Å². The van der Waals surface area contributed by atoms with Crippen molar-refractivity contribution in [3.8, 4) is 0 Å². The van der Waals surface area contributed by atoms with Crippen molar-refractivity contribution < 1.29 is 9.53 Å². The molecule has 0 aliphatic carbocycles. The number of ether oxygens (including phenoxy) is 1. The number of fused-ring (bicyclic) bond motifs is 3. The van der Waals surface area contributed by atoms with Crippen LogP contribution in [0.5, 0.6) is 0 Å². The van der Waals surface area contributed by atoms with Crippen LogP contribution in [0.4, 0.5) is 0 Å². The Morgan fingerprint density at radius 2 is 2.03 bits per heavy atom. The molecule has 2 aromatic heterocycles. The van der Waals surface area contributed by atoms with Crippen LogP contribution in [0.15, 0.2) is 23.1 Å². The van der Waals surface area contributed by atoms with E-state index in [-0.39, 0.29) is 17.4 Å². The lowest BCUT2D eigenvalue weighted by Crippen LogP contribution is -2.39. The van der Waals surface area contributed by atoms with Gasteiger partial charge in [-0.1, -0.05) is 0 Å². The van der Waals surface area contributed by atoms with E-state index in [9.17, 15) is 9.59 Å². The molecule has 0 spiro atoms. The van der Waals surface area contributed by atoms with Crippen molar-refractivity contribution in [2.24, 2.45) is 0 Å². The highest BCUT2D eigenvalue weighted by Gasteiger charge is 2.26. The van der Waals surface area contributed by atoms with Crippen LogP contribution in [-0.4, -0.2) is 76.5 Å². The second-order valence-electron chi connectivity index (χ2n) is 9.32. The molecule has 2 aliphatic rings. The van der Waals surface area contributed by atoms with E-state index >= 15 is 0 Å².